The number of allylic oxidation sites excluding steroid dienone is 1. The zero-order valence-electron chi connectivity index (χ0n) is 11.8. The summed E-state index contributed by atoms with van der Waals surface area (Å²) in [5.74, 6) is 0.0138. The molecule has 3 aromatic rings. The van der Waals surface area contributed by atoms with Crippen LogP contribution in [0.25, 0.3) is 6.08 Å². The van der Waals surface area contributed by atoms with Crippen LogP contribution in [0.5, 0.6) is 0 Å². The molecule has 1 nitrogen and oxygen atoms in total. The third-order valence-corrected chi connectivity index (χ3v) is 3.05. The number of benzene rings is 1. The van der Waals surface area contributed by atoms with Crippen LogP contribution in [0.3, 0.4) is 0 Å². The van der Waals surface area contributed by atoms with Crippen LogP contribution >= 0.6 is 11.6 Å². The quantitative estimate of drug-likeness (QED) is 0.269. The molecule has 0 atom stereocenters. The molecule has 0 N–H and O–H groups in total. The van der Waals surface area contributed by atoms with Gasteiger partial charge in [0.1, 0.15) is 5.78 Å². The van der Waals surface area contributed by atoms with E-state index in [-0.39, 0.29) is 22.9 Å². The molecule has 0 fully saturated rings. The van der Waals surface area contributed by atoms with Crippen molar-refractivity contribution in [1.29, 1.82) is 0 Å². The Bertz CT molecular complexity index is 648. The van der Waals surface area contributed by atoms with E-state index in [1.165, 1.54) is 0 Å². The van der Waals surface area contributed by atoms with Gasteiger partial charge in [-0.1, -0.05) is 41.4 Å². The Morgan fingerprint density at radius 3 is 1.95 bits per heavy atom. The van der Waals surface area contributed by atoms with Gasteiger partial charge >= 0.3 is 0 Å². The fourth-order valence-electron chi connectivity index (χ4n) is 1.70. The predicted octanol–water partition coefficient (Wildman–Crippen LogP) is 5.36. The van der Waals surface area contributed by atoms with Gasteiger partial charge in [-0.05, 0) is 17.7 Å². The first kappa shape index (κ1) is 18.2. The summed E-state index contributed by atoms with van der Waals surface area (Å²) < 4.78 is 0. The van der Waals surface area contributed by atoms with E-state index < -0.39 is 0 Å². The standard InChI is InChI=1S/C14H10ClO.C5H5.Fe/c15-13-8-5-11(6-9-13)7-10-14(16)12-3-1-2-4-12;1-2-4-5-3-1;/h1-10H;1-5H;/q-1;-5;. The van der Waals surface area contributed by atoms with E-state index in [4.69, 9.17) is 11.6 Å². The van der Waals surface area contributed by atoms with Crippen LogP contribution in [0.1, 0.15) is 15.9 Å². The van der Waals surface area contributed by atoms with Gasteiger partial charge in [0.05, 0.1) is 0 Å². The molecule has 3 heteroatoms. The first-order chi connectivity index (χ1) is 10.3. The van der Waals surface area contributed by atoms with E-state index in [9.17, 15) is 4.79 Å². The van der Waals surface area contributed by atoms with Crippen molar-refractivity contribution in [2.45, 2.75) is 0 Å². The summed E-state index contributed by atoms with van der Waals surface area (Å²) in [6.45, 7) is 0. The third-order valence-electron chi connectivity index (χ3n) is 2.80. The van der Waals surface area contributed by atoms with E-state index >= 15 is 0 Å². The summed E-state index contributed by atoms with van der Waals surface area (Å²) in [4.78, 5) is 11.6. The molecule has 0 aliphatic rings. The zero-order valence-corrected chi connectivity index (χ0v) is 13.7. The maximum absolute atomic E-state index is 11.6. The summed E-state index contributed by atoms with van der Waals surface area (Å²) in [5, 5.41) is 0.694. The minimum Gasteiger partial charge on any atom is -0.748 e. The van der Waals surface area contributed by atoms with Gasteiger partial charge in [0.15, 0.2) is 0 Å². The normalized spacial score (nSPS) is 9.68. The van der Waals surface area contributed by atoms with Crippen molar-refractivity contribution in [3.8, 4) is 0 Å². The van der Waals surface area contributed by atoms with Crippen LogP contribution in [0.4, 0.5) is 0 Å². The van der Waals surface area contributed by atoms with Crippen LogP contribution in [0.15, 0.2) is 84.9 Å². The molecule has 0 saturated heterocycles. The fourth-order valence-corrected chi connectivity index (χ4v) is 1.83. The second kappa shape index (κ2) is 9.96. The summed E-state index contributed by atoms with van der Waals surface area (Å²) in [6.07, 6.45) is 3.35. The van der Waals surface area contributed by atoms with Gasteiger partial charge in [0.25, 0.3) is 0 Å². The van der Waals surface area contributed by atoms with Crippen LogP contribution in [0.2, 0.25) is 5.02 Å². The molecule has 0 aliphatic carbocycles. The largest absolute Gasteiger partial charge is 0.748 e. The Kier molecular flexibility index (Phi) is 8.24. The first-order valence-corrected chi connectivity index (χ1v) is 7.00. The smallest absolute Gasteiger partial charge is 0.105 e. The molecule has 0 radical (unpaired) electrons. The maximum Gasteiger partial charge on any atom is 0.105 e. The summed E-state index contributed by atoms with van der Waals surface area (Å²) >= 11 is 5.76. The monoisotopic (exact) mass is 350 g/mol. The van der Waals surface area contributed by atoms with E-state index in [2.05, 4.69) is 0 Å². The Morgan fingerprint density at radius 1 is 0.955 bits per heavy atom. The molecular weight excluding hydrogens is 336 g/mol. The molecule has 0 amide bonds. The van der Waals surface area contributed by atoms with Crippen LogP contribution in [-0.4, -0.2) is 5.78 Å². The molecule has 22 heavy (non-hydrogen) atoms. The summed E-state index contributed by atoms with van der Waals surface area (Å²) in [5.41, 5.74) is 1.68. The number of ketones is 1. The minimum atomic E-state index is 0. The van der Waals surface area contributed by atoms with Gasteiger partial charge in [-0.2, -0.15) is 12.1 Å². The number of hydrogen-bond donors (Lipinski definition) is 0. The Morgan fingerprint density at radius 2 is 1.45 bits per heavy atom. The molecule has 3 aromatic carbocycles. The van der Waals surface area contributed by atoms with Crippen LogP contribution < -0.4 is 0 Å². The molecule has 0 aromatic heterocycles. The molecule has 0 bridgehead atoms. The SMILES string of the molecule is O=C(C=Cc1ccc(Cl)cc1)[c-]1cccc1.[Fe].[cH-]1[cH-][cH-][cH-][cH-]1. The topological polar surface area (TPSA) is 17.1 Å². The first-order valence-electron chi connectivity index (χ1n) is 6.62. The van der Waals surface area contributed by atoms with Crippen molar-refractivity contribution in [1.82, 2.24) is 0 Å². The van der Waals surface area contributed by atoms with Gasteiger partial charge in [-0.15, -0.1) is 12.1 Å². The molecule has 0 saturated carbocycles. The zero-order chi connectivity index (χ0) is 14.9. The van der Waals surface area contributed by atoms with Gasteiger partial charge in [-0.3, -0.25) is 0 Å². The second-order valence-electron chi connectivity index (χ2n) is 4.38. The molecule has 0 aliphatic heterocycles. The van der Waals surface area contributed by atoms with Crippen LogP contribution in [-0.2, 0) is 17.1 Å². The number of hydrogen-bond acceptors (Lipinski definition) is 1. The van der Waals surface area contributed by atoms with Gasteiger partial charge in [0.2, 0.25) is 0 Å². The third kappa shape index (κ3) is 6.28. The van der Waals surface area contributed by atoms with Crippen molar-refractivity contribution < 1.29 is 21.9 Å². The molecule has 0 unspecified atom stereocenters. The molecule has 0 heterocycles. The summed E-state index contributed by atoms with van der Waals surface area (Å²) in [6, 6.07) is 24.6. The van der Waals surface area contributed by atoms with E-state index in [0.717, 1.165) is 5.56 Å². The number of carbonyl (C=O) groups is 1. The van der Waals surface area contributed by atoms with Crippen molar-refractivity contribution >= 4 is 23.5 Å². The predicted molar refractivity (Wildman–Crippen MR) is 88.9 cm³/mol. The van der Waals surface area contributed by atoms with E-state index in [0.29, 0.717) is 10.6 Å². The summed E-state index contributed by atoms with van der Waals surface area (Å²) in [7, 11) is 0. The maximum atomic E-state index is 11.6. The minimum absolute atomic E-state index is 0. The number of halogens is 1. The van der Waals surface area contributed by atoms with Gasteiger partial charge < -0.3 is 35.1 Å². The van der Waals surface area contributed by atoms with Crippen molar-refractivity contribution in [2.75, 3.05) is 0 Å². The van der Waals surface area contributed by atoms with Gasteiger partial charge in [0, 0.05) is 22.1 Å². The molecule has 118 valence electrons. The van der Waals surface area contributed by atoms with Crippen molar-refractivity contribution in [3.63, 3.8) is 0 Å². The molecule has 3 rings (SSSR count). The Labute approximate surface area is 146 Å². The van der Waals surface area contributed by atoms with E-state index in [1.807, 2.05) is 54.6 Å². The van der Waals surface area contributed by atoms with Crippen LogP contribution in [0, 0.1) is 0 Å². The Balaban J connectivity index is 0.000000344. The average molecular weight is 351 g/mol. The van der Waals surface area contributed by atoms with Crippen molar-refractivity contribution in [2.24, 2.45) is 0 Å². The number of rotatable bonds is 3. The number of carbonyl (C=O) groups excluding carboxylic acids is 1. The Hall–Kier alpha value is -1.86. The molecule has 0 spiro atoms. The fraction of sp³-hybridized carbons (Fsp3) is 0. The second-order valence-corrected chi connectivity index (χ2v) is 4.82. The molecular formula is C19H15ClFeO-6. The average Bonchev–Trinajstić information content (AvgIpc) is 3.21. The van der Waals surface area contributed by atoms with Crippen molar-refractivity contribution in [3.05, 3.63) is 101 Å². The van der Waals surface area contributed by atoms with Gasteiger partial charge in [-0.25, -0.2) is 0 Å². The van der Waals surface area contributed by atoms with E-state index in [1.54, 1.807) is 36.4 Å².